The second kappa shape index (κ2) is 6.49. The molecule has 0 aliphatic carbocycles. The number of hydrogen-bond acceptors (Lipinski definition) is 5. The molecule has 0 radical (unpaired) electrons. The van der Waals surface area contributed by atoms with E-state index in [9.17, 15) is 19.2 Å². The van der Waals surface area contributed by atoms with Gasteiger partial charge in [0.1, 0.15) is 5.92 Å². The molecule has 2 rings (SSSR count). The van der Waals surface area contributed by atoms with Crippen LogP contribution in [0, 0.1) is 5.92 Å². The van der Waals surface area contributed by atoms with E-state index < -0.39 is 35.8 Å². The molecule has 21 heavy (non-hydrogen) atoms. The molecule has 1 unspecified atom stereocenters. The largest absolute Gasteiger partial charge is 0.465 e. The molecule has 1 N–H and O–H groups in total. The predicted octanol–water partition coefficient (Wildman–Crippen LogP) is 1.37. The Kier molecular flexibility index (Phi) is 4.70. The first-order valence-corrected chi connectivity index (χ1v) is 6.64. The van der Waals surface area contributed by atoms with Crippen molar-refractivity contribution in [3.05, 3.63) is 29.3 Å². The van der Waals surface area contributed by atoms with E-state index in [2.05, 4.69) is 10.1 Å². The molecule has 1 heterocycles. The van der Waals surface area contributed by atoms with Gasteiger partial charge in [-0.2, -0.15) is 0 Å². The van der Waals surface area contributed by atoms with Gasteiger partial charge in [0.25, 0.3) is 5.91 Å². The minimum Gasteiger partial charge on any atom is -0.465 e. The van der Waals surface area contributed by atoms with Gasteiger partial charge in [-0.25, -0.2) is 0 Å². The van der Waals surface area contributed by atoms with Gasteiger partial charge in [0.05, 0.1) is 13.0 Å². The highest BCUT2D eigenvalue weighted by Gasteiger charge is 2.34. The van der Waals surface area contributed by atoms with Crippen molar-refractivity contribution in [3.63, 3.8) is 0 Å². The Morgan fingerprint density at radius 2 is 1.90 bits per heavy atom. The van der Waals surface area contributed by atoms with Crippen LogP contribution in [0.15, 0.2) is 24.3 Å². The average Bonchev–Trinajstić information content (AvgIpc) is 2.87. The Balaban J connectivity index is 1.90. The number of amides is 1. The number of ether oxygens (including phenoxy) is 1. The van der Waals surface area contributed by atoms with Gasteiger partial charge >= 0.3 is 5.97 Å². The van der Waals surface area contributed by atoms with E-state index in [-0.39, 0.29) is 13.0 Å². The molecule has 0 aromatic heterocycles. The van der Waals surface area contributed by atoms with Gasteiger partial charge < -0.3 is 10.1 Å². The summed E-state index contributed by atoms with van der Waals surface area (Å²) in [7, 11) is 0. The molecule has 1 aromatic rings. The number of carbonyl (C=O) groups excluding carboxylic acids is 4. The van der Waals surface area contributed by atoms with Crippen LogP contribution < -0.4 is 5.32 Å². The minimum absolute atomic E-state index is 0.167. The smallest absolute Gasteiger partial charge is 0.316 e. The highest BCUT2D eigenvalue weighted by Crippen LogP contribution is 2.17. The fourth-order valence-electron chi connectivity index (χ4n) is 1.88. The summed E-state index contributed by atoms with van der Waals surface area (Å²) in [5.41, 5.74) is 0.394. The number of halogens is 1. The van der Waals surface area contributed by atoms with Crippen LogP contribution in [0.4, 0.5) is 5.69 Å². The second-order valence-corrected chi connectivity index (χ2v) is 4.97. The molecule has 1 amide bonds. The monoisotopic (exact) mass is 309 g/mol. The van der Waals surface area contributed by atoms with Crippen LogP contribution in [0.25, 0.3) is 0 Å². The molecule has 110 valence electrons. The van der Waals surface area contributed by atoms with E-state index in [1.165, 1.54) is 12.1 Å². The molecule has 0 spiro atoms. The number of ketones is 2. The maximum absolute atomic E-state index is 11.7. The van der Waals surface area contributed by atoms with Crippen LogP contribution in [-0.4, -0.2) is 30.0 Å². The number of anilines is 1. The van der Waals surface area contributed by atoms with Crippen LogP contribution in [0.3, 0.4) is 0 Å². The number of esters is 1. The predicted molar refractivity (Wildman–Crippen MR) is 73.8 cm³/mol. The van der Waals surface area contributed by atoms with Crippen molar-refractivity contribution in [1.29, 1.82) is 0 Å². The molecular weight excluding hydrogens is 298 g/mol. The Morgan fingerprint density at radius 3 is 2.48 bits per heavy atom. The fraction of sp³-hybridized carbons (Fsp3) is 0.286. The first-order chi connectivity index (χ1) is 9.97. The normalized spacial score (nSPS) is 17.2. The van der Waals surface area contributed by atoms with Crippen molar-refractivity contribution >= 4 is 40.7 Å². The number of rotatable bonds is 5. The van der Waals surface area contributed by atoms with Crippen LogP contribution in [-0.2, 0) is 23.9 Å². The van der Waals surface area contributed by atoms with Crippen molar-refractivity contribution in [3.8, 4) is 0 Å². The zero-order valence-electron chi connectivity index (χ0n) is 10.9. The lowest BCUT2D eigenvalue weighted by Gasteiger charge is -2.06. The van der Waals surface area contributed by atoms with E-state index in [0.717, 1.165) is 0 Å². The molecule has 1 saturated heterocycles. The first kappa shape index (κ1) is 15.2. The molecule has 6 nitrogen and oxygen atoms in total. The van der Waals surface area contributed by atoms with Crippen molar-refractivity contribution in [2.24, 2.45) is 5.92 Å². The Bertz CT molecular complexity index is 596. The standard InChI is InChI=1S/C14H12ClNO5/c15-8-1-3-9(4-2-8)16-13(19)12(18)7-11(17)10-5-6-21-14(10)20/h1-4,10H,5-7H2,(H,16,19). The van der Waals surface area contributed by atoms with Gasteiger partial charge in [0, 0.05) is 17.1 Å². The van der Waals surface area contributed by atoms with Gasteiger partial charge in [-0.05, 0) is 24.3 Å². The van der Waals surface area contributed by atoms with Crippen molar-refractivity contribution in [1.82, 2.24) is 0 Å². The Morgan fingerprint density at radius 1 is 1.24 bits per heavy atom. The van der Waals surface area contributed by atoms with Crippen LogP contribution in [0.1, 0.15) is 12.8 Å². The van der Waals surface area contributed by atoms with Crippen molar-refractivity contribution in [2.45, 2.75) is 12.8 Å². The number of Topliss-reactive ketones (excluding diaryl/α,β-unsaturated/α-hetero) is 2. The molecule has 0 bridgehead atoms. The lowest BCUT2D eigenvalue weighted by Crippen LogP contribution is -2.29. The molecule has 1 aliphatic heterocycles. The van der Waals surface area contributed by atoms with E-state index in [4.69, 9.17) is 11.6 Å². The zero-order chi connectivity index (χ0) is 15.4. The van der Waals surface area contributed by atoms with Crippen LogP contribution in [0.2, 0.25) is 5.02 Å². The summed E-state index contributed by atoms with van der Waals surface area (Å²) in [6.45, 7) is 0.167. The molecule has 1 atom stereocenters. The van der Waals surface area contributed by atoms with E-state index in [1.807, 2.05) is 0 Å². The van der Waals surface area contributed by atoms with E-state index in [0.29, 0.717) is 10.7 Å². The number of carbonyl (C=O) groups is 4. The van der Waals surface area contributed by atoms with Gasteiger partial charge in [-0.3, -0.25) is 19.2 Å². The quantitative estimate of drug-likeness (QED) is 0.504. The summed E-state index contributed by atoms with van der Waals surface area (Å²) in [6.07, 6.45) is -0.358. The summed E-state index contributed by atoms with van der Waals surface area (Å²) in [5, 5.41) is 2.86. The van der Waals surface area contributed by atoms with Gasteiger partial charge in [0.15, 0.2) is 5.78 Å². The fourth-order valence-corrected chi connectivity index (χ4v) is 2.01. The lowest BCUT2D eigenvalue weighted by atomic mass is 9.98. The highest BCUT2D eigenvalue weighted by atomic mass is 35.5. The third-order valence-electron chi connectivity index (χ3n) is 3.01. The number of nitrogens with one attached hydrogen (secondary N) is 1. The van der Waals surface area contributed by atoms with Gasteiger partial charge in [-0.15, -0.1) is 0 Å². The zero-order valence-corrected chi connectivity index (χ0v) is 11.7. The SMILES string of the molecule is O=C(CC(=O)C1CCOC1=O)C(=O)Nc1ccc(Cl)cc1. The third-order valence-corrected chi connectivity index (χ3v) is 3.27. The average molecular weight is 310 g/mol. The third kappa shape index (κ3) is 3.88. The van der Waals surface area contributed by atoms with Crippen molar-refractivity contribution < 1.29 is 23.9 Å². The molecule has 1 fully saturated rings. The summed E-state index contributed by atoms with van der Waals surface area (Å²) in [4.78, 5) is 46.3. The summed E-state index contributed by atoms with van der Waals surface area (Å²) in [5.74, 6) is -3.95. The molecule has 7 heteroatoms. The number of cyclic esters (lactones) is 1. The summed E-state index contributed by atoms with van der Waals surface area (Å²) in [6, 6.07) is 6.18. The molecule has 0 saturated carbocycles. The number of hydrogen-bond donors (Lipinski definition) is 1. The number of benzene rings is 1. The van der Waals surface area contributed by atoms with Gasteiger partial charge in [-0.1, -0.05) is 11.6 Å². The maximum Gasteiger partial charge on any atom is 0.316 e. The minimum atomic E-state index is -0.933. The van der Waals surface area contributed by atoms with Crippen molar-refractivity contribution in [2.75, 3.05) is 11.9 Å². The van der Waals surface area contributed by atoms with E-state index >= 15 is 0 Å². The maximum atomic E-state index is 11.7. The lowest BCUT2D eigenvalue weighted by molar-refractivity contribution is -0.145. The van der Waals surface area contributed by atoms with E-state index in [1.54, 1.807) is 12.1 Å². The summed E-state index contributed by atoms with van der Waals surface area (Å²) < 4.78 is 4.65. The topological polar surface area (TPSA) is 89.5 Å². The Hall–Kier alpha value is -2.21. The highest BCUT2D eigenvalue weighted by molar-refractivity contribution is 6.43. The first-order valence-electron chi connectivity index (χ1n) is 6.26. The van der Waals surface area contributed by atoms with Gasteiger partial charge in [0.2, 0.25) is 5.78 Å². The second-order valence-electron chi connectivity index (χ2n) is 4.54. The molecule has 1 aromatic carbocycles. The summed E-state index contributed by atoms with van der Waals surface area (Å²) >= 11 is 5.70. The molecule has 1 aliphatic rings. The molecular formula is C14H12ClNO5. The Labute approximate surface area is 125 Å². The van der Waals surface area contributed by atoms with Crippen LogP contribution in [0.5, 0.6) is 0 Å². The van der Waals surface area contributed by atoms with Crippen LogP contribution >= 0.6 is 11.6 Å².